The molecule has 0 saturated carbocycles. The maximum Gasteiger partial charge on any atom is 0.258 e. The van der Waals surface area contributed by atoms with E-state index >= 15 is 0 Å². The summed E-state index contributed by atoms with van der Waals surface area (Å²) in [5.41, 5.74) is 9.06. The summed E-state index contributed by atoms with van der Waals surface area (Å²) in [5, 5.41) is 3.40. The predicted molar refractivity (Wildman–Crippen MR) is 92.8 cm³/mol. The molecule has 0 aliphatic rings. The van der Waals surface area contributed by atoms with E-state index in [2.05, 4.69) is 10.3 Å². The van der Waals surface area contributed by atoms with Gasteiger partial charge < -0.3 is 11.1 Å². The Bertz CT molecular complexity index is 759. The summed E-state index contributed by atoms with van der Waals surface area (Å²) in [6.45, 7) is 5.67. The molecule has 2 rings (SSSR count). The number of primary amides is 1. The van der Waals surface area contributed by atoms with E-state index in [1.54, 1.807) is 0 Å². The van der Waals surface area contributed by atoms with Gasteiger partial charge in [-0.2, -0.15) is 0 Å². The number of rotatable bonds is 5. The zero-order valence-electron chi connectivity index (χ0n) is 13.3. The number of thioether (sulfide) groups is 1. The maximum absolute atomic E-state index is 12.6. The van der Waals surface area contributed by atoms with Gasteiger partial charge in [0.25, 0.3) is 5.91 Å². The van der Waals surface area contributed by atoms with E-state index in [0.29, 0.717) is 10.6 Å². The summed E-state index contributed by atoms with van der Waals surface area (Å²) in [4.78, 5) is 28.0. The molecule has 0 aliphatic carbocycles. The van der Waals surface area contributed by atoms with E-state index in [1.807, 2.05) is 51.1 Å². The minimum absolute atomic E-state index is 0.0839. The Balaban J connectivity index is 2.32. The van der Waals surface area contributed by atoms with Crippen molar-refractivity contribution >= 4 is 29.3 Å². The van der Waals surface area contributed by atoms with E-state index in [4.69, 9.17) is 5.73 Å². The molecule has 0 aliphatic heterocycles. The van der Waals surface area contributed by atoms with Gasteiger partial charge in [0.1, 0.15) is 5.03 Å². The molecule has 2 aromatic rings. The van der Waals surface area contributed by atoms with Crippen molar-refractivity contribution < 1.29 is 9.59 Å². The van der Waals surface area contributed by atoms with Crippen LogP contribution in [0.15, 0.2) is 35.4 Å². The largest absolute Gasteiger partial charge is 0.369 e. The van der Waals surface area contributed by atoms with Gasteiger partial charge in [-0.05, 0) is 50.1 Å². The van der Waals surface area contributed by atoms with Crippen molar-refractivity contribution in [3.8, 4) is 0 Å². The van der Waals surface area contributed by atoms with Gasteiger partial charge in [-0.15, -0.1) is 0 Å². The van der Waals surface area contributed by atoms with Crippen LogP contribution in [-0.2, 0) is 4.79 Å². The van der Waals surface area contributed by atoms with Crippen LogP contribution >= 0.6 is 11.8 Å². The number of amides is 2. The van der Waals surface area contributed by atoms with Crippen molar-refractivity contribution in [2.24, 2.45) is 5.73 Å². The minimum atomic E-state index is -0.444. The Labute approximate surface area is 139 Å². The molecule has 0 bridgehead atoms. The third-order valence-corrected chi connectivity index (χ3v) is 4.16. The topological polar surface area (TPSA) is 85.1 Å². The maximum atomic E-state index is 12.6. The number of hydrogen-bond acceptors (Lipinski definition) is 4. The highest BCUT2D eigenvalue weighted by Gasteiger charge is 2.18. The molecular formula is C17H19N3O2S. The van der Waals surface area contributed by atoms with Gasteiger partial charge in [0.15, 0.2) is 0 Å². The molecular weight excluding hydrogens is 310 g/mol. The van der Waals surface area contributed by atoms with E-state index in [0.717, 1.165) is 22.5 Å². The Morgan fingerprint density at radius 3 is 2.61 bits per heavy atom. The Morgan fingerprint density at radius 2 is 1.96 bits per heavy atom. The van der Waals surface area contributed by atoms with Crippen molar-refractivity contribution in [2.75, 3.05) is 11.1 Å². The van der Waals surface area contributed by atoms with Crippen molar-refractivity contribution in [3.63, 3.8) is 0 Å². The number of nitrogens with two attached hydrogens (primary N) is 1. The first-order valence-electron chi connectivity index (χ1n) is 7.14. The lowest BCUT2D eigenvalue weighted by molar-refractivity contribution is -0.115. The van der Waals surface area contributed by atoms with Crippen LogP contribution in [0.5, 0.6) is 0 Å². The lowest BCUT2D eigenvalue weighted by Crippen LogP contribution is -2.18. The molecule has 120 valence electrons. The van der Waals surface area contributed by atoms with E-state index in [1.165, 1.54) is 11.8 Å². The summed E-state index contributed by atoms with van der Waals surface area (Å²) in [6, 6.07) is 9.42. The summed E-state index contributed by atoms with van der Waals surface area (Å²) in [7, 11) is 0. The molecule has 5 nitrogen and oxygen atoms in total. The van der Waals surface area contributed by atoms with Gasteiger partial charge in [0.05, 0.1) is 11.3 Å². The molecule has 0 saturated heterocycles. The van der Waals surface area contributed by atoms with Gasteiger partial charge in [0.2, 0.25) is 5.91 Å². The van der Waals surface area contributed by atoms with Crippen LogP contribution < -0.4 is 11.1 Å². The van der Waals surface area contributed by atoms with Crippen LogP contribution in [0.3, 0.4) is 0 Å². The third kappa shape index (κ3) is 4.56. The second kappa shape index (κ2) is 7.28. The van der Waals surface area contributed by atoms with Crippen molar-refractivity contribution in [1.29, 1.82) is 0 Å². The number of carbonyl (C=O) groups excluding carboxylic acids is 2. The molecule has 0 fully saturated rings. The smallest absolute Gasteiger partial charge is 0.258 e. The normalized spacial score (nSPS) is 10.4. The monoisotopic (exact) mass is 329 g/mol. The predicted octanol–water partition coefficient (Wildman–Crippen LogP) is 2.84. The number of anilines is 1. The Hall–Kier alpha value is -2.34. The van der Waals surface area contributed by atoms with Gasteiger partial charge in [-0.1, -0.05) is 23.9 Å². The number of nitrogens with one attached hydrogen (secondary N) is 1. The van der Waals surface area contributed by atoms with Crippen molar-refractivity contribution in [3.05, 3.63) is 52.7 Å². The summed E-state index contributed by atoms with van der Waals surface area (Å²) in [5.74, 6) is -0.603. The Kier molecular flexibility index (Phi) is 5.39. The molecule has 1 aromatic carbocycles. The van der Waals surface area contributed by atoms with Crippen molar-refractivity contribution in [2.45, 2.75) is 25.8 Å². The molecule has 0 spiro atoms. The molecule has 6 heteroatoms. The standard InChI is InChI=1S/C17H19N3O2S/c1-10-5-4-6-13(7-10)20-16(22)15-11(2)8-12(3)19-17(15)23-9-14(18)21/h4-8H,9H2,1-3H3,(H2,18,21)(H,20,22). The number of aryl methyl sites for hydroxylation is 3. The number of hydrogen-bond donors (Lipinski definition) is 2. The average molecular weight is 329 g/mol. The minimum Gasteiger partial charge on any atom is -0.369 e. The summed E-state index contributed by atoms with van der Waals surface area (Å²) >= 11 is 1.18. The quantitative estimate of drug-likeness (QED) is 0.826. The Morgan fingerprint density at radius 1 is 1.22 bits per heavy atom. The SMILES string of the molecule is Cc1cccc(NC(=O)c2c(C)cc(C)nc2SCC(N)=O)c1. The fourth-order valence-electron chi connectivity index (χ4n) is 2.24. The van der Waals surface area contributed by atoms with Crippen LogP contribution in [0, 0.1) is 20.8 Å². The van der Waals surface area contributed by atoms with Crippen molar-refractivity contribution in [1.82, 2.24) is 4.98 Å². The average Bonchev–Trinajstić information content (AvgIpc) is 2.44. The second-order valence-corrected chi connectivity index (χ2v) is 6.30. The number of pyridine rings is 1. The molecule has 1 aromatic heterocycles. The van der Waals surface area contributed by atoms with Gasteiger partial charge >= 0.3 is 0 Å². The molecule has 2 amide bonds. The first-order valence-corrected chi connectivity index (χ1v) is 8.12. The molecule has 1 heterocycles. The van der Waals surface area contributed by atoms with Crippen LogP contribution in [0.2, 0.25) is 0 Å². The lowest BCUT2D eigenvalue weighted by atomic mass is 10.1. The van der Waals surface area contributed by atoms with Crippen LogP contribution in [0.1, 0.15) is 27.2 Å². The molecule has 0 radical (unpaired) electrons. The van der Waals surface area contributed by atoms with Crippen LogP contribution in [0.25, 0.3) is 0 Å². The second-order valence-electron chi connectivity index (χ2n) is 5.34. The molecule has 3 N–H and O–H groups in total. The first kappa shape index (κ1) is 17.0. The van der Waals surface area contributed by atoms with Gasteiger partial charge in [-0.25, -0.2) is 4.98 Å². The van der Waals surface area contributed by atoms with E-state index in [-0.39, 0.29) is 11.7 Å². The highest BCUT2D eigenvalue weighted by atomic mass is 32.2. The fourth-order valence-corrected chi connectivity index (χ4v) is 3.12. The summed E-state index contributed by atoms with van der Waals surface area (Å²) in [6.07, 6.45) is 0. The fraction of sp³-hybridized carbons (Fsp3) is 0.235. The molecule has 0 atom stereocenters. The highest BCUT2D eigenvalue weighted by Crippen LogP contribution is 2.25. The number of nitrogens with zero attached hydrogens (tertiary/aromatic N) is 1. The zero-order valence-corrected chi connectivity index (χ0v) is 14.2. The number of carbonyl (C=O) groups is 2. The number of benzene rings is 1. The third-order valence-electron chi connectivity index (χ3n) is 3.17. The van der Waals surface area contributed by atoms with Crippen LogP contribution in [-0.4, -0.2) is 22.6 Å². The number of aromatic nitrogens is 1. The summed E-state index contributed by atoms with van der Waals surface area (Å²) < 4.78 is 0. The lowest BCUT2D eigenvalue weighted by Gasteiger charge is -2.13. The molecule has 23 heavy (non-hydrogen) atoms. The van der Waals surface area contributed by atoms with E-state index in [9.17, 15) is 9.59 Å². The van der Waals surface area contributed by atoms with Crippen LogP contribution in [0.4, 0.5) is 5.69 Å². The van der Waals surface area contributed by atoms with E-state index < -0.39 is 5.91 Å². The zero-order chi connectivity index (χ0) is 17.0. The van der Waals surface area contributed by atoms with Gasteiger partial charge in [-0.3, -0.25) is 9.59 Å². The molecule has 0 unspecified atom stereocenters. The first-order chi connectivity index (χ1) is 10.9. The van der Waals surface area contributed by atoms with Gasteiger partial charge in [0, 0.05) is 11.4 Å². The highest BCUT2D eigenvalue weighted by molar-refractivity contribution is 8.00.